The van der Waals surface area contributed by atoms with Crippen LogP contribution >= 0.6 is 11.8 Å². The van der Waals surface area contributed by atoms with Crippen molar-refractivity contribution in [2.45, 2.75) is 24.0 Å². The lowest BCUT2D eigenvalue weighted by atomic mass is 10.1. The number of anilines is 2. The minimum absolute atomic E-state index is 0.411. The third kappa shape index (κ3) is 3.17. The van der Waals surface area contributed by atoms with Crippen LogP contribution in [0.3, 0.4) is 0 Å². The molecule has 0 unspecified atom stereocenters. The predicted octanol–water partition coefficient (Wildman–Crippen LogP) is 5.49. The van der Waals surface area contributed by atoms with Gasteiger partial charge in [0, 0.05) is 33.1 Å². The Morgan fingerprint density at radius 1 is 1.04 bits per heavy atom. The molecule has 4 rings (SSSR count). The van der Waals surface area contributed by atoms with E-state index in [-0.39, 0.29) is 0 Å². The zero-order valence-corrected chi connectivity index (χ0v) is 14.7. The number of benzene rings is 2. The summed E-state index contributed by atoms with van der Waals surface area (Å²) in [6.07, 6.45) is 1.78. The van der Waals surface area contributed by atoms with E-state index in [9.17, 15) is 4.39 Å². The Bertz CT molecular complexity index is 1060. The van der Waals surface area contributed by atoms with Crippen LogP contribution in [0.25, 0.3) is 21.8 Å². The van der Waals surface area contributed by atoms with Crippen molar-refractivity contribution in [2.75, 3.05) is 5.32 Å². The molecule has 0 saturated carbocycles. The van der Waals surface area contributed by atoms with Gasteiger partial charge in [0.25, 0.3) is 0 Å². The summed E-state index contributed by atoms with van der Waals surface area (Å²) >= 11 is 1.82. The number of aromatic amines is 1. The van der Waals surface area contributed by atoms with Crippen LogP contribution in [-0.2, 0) is 0 Å². The van der Waals surface area contributed by atoms with Gasteiger partial charge in [-0.1, -0.05) is 13.8 Å². The van der Waals surface area contributed by atoms with Gasteiger partial charge < -0.3 is 5.32 Å². The normalized spacial score (nSPS) is 11.5. The lowest BCUT2D eigenvalue weighted by molar-refractivity contribution is 0.588. The van der Waals surface area contributed by atoms with E-state index < -0.39 is 5.95 Å². The van der Waals surface area contributed by atoms with E-state index in [0.29, 0.717) is 16.2 Å². The van der Waals surface area contributed by atoms with Gasteiger partial charge in [-0.3, -0.25) is 10.1 Å². The summed E-state index contributed by atoms with van der Waals surface area (Å²) < 4.78 is 13.5. The van der Waals surface area contributed by atoms with Crippen LogP contribution in [0.2, 0.25) is 0 Å². The largest absolute Gasteiger partial charge is 0.355 e. The molecule has 0 radical (unpaired) electrons. The van der Waals surface area contributed by atoms with Crippen LogP contribution in [0.5, 0.6) is 0 Å². The molecule has 6 heteroatoms. The molecule has 0 aliphatic rings. The topological polar surface area (TPSA) is 53.6 Å². The molecule has 0 atom stereocenters. The Hall–Kier alpha value is -2.60. The minimum Gasteiger partial charge on any atom is -0.355 e. The molecule has 4 nitrogen and oxygen atoms in total. The summed E-state index contributed by atoms with van der Waals surface area (Å²) in [4.78, 5) is 5.65. The molecular weight excluding hydrogens is 335 g/mol. The fourth-order valence-electron chi connectivity index (χ4n) is 2.79. The van der Waals surface area contributed by atoms with E-state index in [4.69, 9.17) is 0 Å². The molecule has 0 fully saturated rings. The maximum atomic E-state index is 13.5. The van der Waals surface area contributed by atoms with E-state index in [1.807, 2.05) is 36.0 Å². The summed E-state index contributed by atoms with van der Waals surface area (Å²) in [6.45, 7) is 4.35. The van der Waals surface area contributed by atoms with Gasteiger partial charge in [0.1, 0.15) is 0 Å². The molecule has 0 amide bonds. The lowest BCUT2D eigenvalue weighted by Crippen LogP contribution is -1.93. The summed E-state index contributed by atoms with van der Waals surface area (Å²) in [5.74, 6) is -0.411. The summed E-state index contributed by atoms with van der Waals surface area (Å²) in [5.41, 5.74) is 3.35. The van der Waals surface area contributed by atoms with E-state index in [1.165, 1.54) is 4.90 Å². The molecule has 0 saturated heterocycles. The van der Waals surface area contributed by atoms with Crippen molar-refractivity contribution in [3.8, 4) is 0 Å². The van der Waals surface area contributed by atoms with Crippen molar-refractivity contribution in [3.63, 3.8) is 0 Å². The molecule has 0 aliphatic carbocycles. The van der Waals surface area contributed by atoms with Crippen molar-refractivity contribution in [1.82, 2.24) is 15.2 Å². The monoisotopic (exact) mass is 352 g/mol. The third-order valence-electron chi connectivity index (χ3n) is 3.87. The molecule has 126 valence electrons. The van der Waals surface area contributed by atoms with E-state index in [2.05, 4.69) is 46.5 Å². The second kappa shape index (κ2) is 6.37. The van der Waals surface area contributed by atoms with Crippen LogP contribution in [-0.4, -0.2) is 20.4 Å². The fraction of sp³-hybridized carbons (Fsp3) is 0.158. The number of halogens is 1. The van der Waals surface area contributed by atoms with E-state index in [1.54, 1.807) is 12.3 Å². The first kappa shape index (κ1) is 15.9. The highest BCUT2D eigenvalue weighted by Crippen LogP contribution is 2.31. The van der Waals surface area contributed by atoms with Gasteiger partial charge in [0.2, 0.25) is 5.95 Å². The van der Waals surface area contributed by atoms with E-state index in [0.717, 1.165) is 22.3 Å². The van der Waals surface area contributed by atoms with Gasteiger partial charge in [-0.25, -0.2) is 0 Å². The van der Waals surface area contributed by atoms with Gasteiger partial charge in [-0.15, -0.1) is 11.8 Å². The van der Waals surface area contributed by atoms with Crippen LogP contribution in [0.4, 0.5) is 15.8 Å². The molecule has 0 spiro atoms. The lowest BCUT2D eigenvalue weighted by Gasteiger charge is -2.11. The fourth-order valence-corrected chi connectivity index (χ4v) is 3.67. The van der Waals surface area contributed by atoms with Crippen molar-refractivity contribution in [1.29, 1.82) is 0 Å². The molecule has 0 aliphatic heterocycles. The van der Waals surface area contributed by atoms with Crippen LogP contribution in [0.15, 0.2) is 53.6 Å². The van der Waals surface area contributed by atoms with Crippen molar-refractivity contribution in [3.05, 3.63) is 54.6 Å². The molecular formula is C19H17FN4S. The second-order valence-corrected chi connectivity index (χ2v) is 7.75. The van der Waals surface area contributed by atoms with Crippen LogP contribution in [0, 0.1) is 5.95 Å². The Morgan fingerprint density at radius 2 is 1.92 bits per heavy atom. The van der Waals surface area contributed by atoms with Crippen LogP contribution in [0.1, 0.15) is 13.8 Å². The smallest absolute Gasteiger partial charge is 0.216 e. The quantitative estimate of drug-likeness (QED) is 0.477. The number of aromatic nitrogens is 3. The first-order chi connectivity index (χ1) is 12.1. The zero-order valence-electron chi connectivity index (χ0n) is 13.9. The van der Waals surface area contributed by atoms with Gasteiger partial charge in [0.05, 0.1) is 16.4 Å². The summed E-state index contributed by atoms with van der Waals surface area (Å²) in [7, 11) is 0. The molecule has 2 heterocycles. The Kier molecular flexibility index (Phi) is 4.05. The Balaban J connectivity index is 1.73. The van der Waals surface area contributed by atoms with Crippen LogP contribution < -0.4 is 5.32 Å². The number of hydrogen-bond donors (Lipinski definition) is 2. The number of pyridine rings is 1. The predicted molar refractivity (Wildman–Crippen MR) is 102 cm³/mol. The number of hydrogen-bond acceptors (Lipinski definition) is 4. The summed E-state index contributed by atoms with van der Waals surface area (Å²) in [6, 6.07) is 13.6. The molecule has 2 aromatic carbocycles. The standard InChI is InChI=1S/C19H17FN4S/c1-11(2)25-13-4-6-16-15(10-13)17(7-8-21-16)22-12-3-5-14-18(9-12)23-24-19(14)20/h3-11H,1-2H3,(H,21,22)(H,23,24). The highest BCUT2D eigenvalue weighted by Gasteiger charge is 2.08. The average Bonchev–Trinajstić information content (AvgIpc) is 2.95. The zero-order chi connectivity index (χ0) is 17.4. The van der Waals surface area contributed by atoms with Gasteiger partial charge >= 0.3 is 0 Å². The van der Waals surface area contributed by atoms with Gasteiger partial charge in [0.15, 0.2) is 0 Å². The van der Waals surface area contributed by atoms with Gasteiger partial charge in [-0.05, 0) is 42.5 Å². The van der Waals surface area contributed by atoms with Crippen molar-refractivity contribution in [2.24, 2.45) is 0 Å². The molecule has 25 heavy (non-hydrogen) atoms. The third-order valence-corrected chi connectivity index (χ3v) is 4.87. The number of nitrogens with zero attached hydrogens (tertiary/aromatic N) is 2. The number of rotatable bonds is 4. The van der Waals surface area contributed by atoms with Crippen molar-refractivity contribution >= 4 is 44.9 Å². The average molecular weight is 352 g/mol. The highest BCUT2D eigenvalue weighted by molar-refractivity contribution is 7.99. The first-order valence-electron chi connectivity index (χ1n) is 8.06. The maximum absolute atomic E-state index is 13.5. The number of thioether (sulfide) groups is 1. The minimum atomic E-state index is -0.411. The summed E-state index contributed by atoms with van der Waals surface area (Å²) in [5, 5.41) is 11.8. The number of nitrogens with one attached hydrogen (secondary N) is 2. The van der Waals surface area contributed by atoms with E-state index >= 15 is 0 Å². The second-order valence-electron chi connectivity index (χ2n) is 6.10. The highest BCUT2D eigenvalue weighted by atomic mass is 32.2. The van der Waals surface area contributed by atoms with Crippen molar-refractivity contribution < 1.29 is 4.39 Å². The maximum Gasteiger partial charge on any atom is 0.216 e. The SMILES string of the molecule is CC(C)Sc1ccc2nccc(Nc3ccc4c(F)[nH]nc4c3)c2c1. The molecule has 2 N–H and O–H groups in total. The Morgan fingerprint density at radius 3 is 2.76 bits per heavy atom. The van der Waals surface area contributed by atoms with Gasteiger partial charge in [-0.2, -0.15) is 9.49 Å². The Labute approximate surface area is 148 Å². The first-order valence-corrected chi connectivity index (χ1v) is 8.94. The molecule has 0 bridgehead atoms. The molecule has 2 aromatic heterocycles. The number of fused-ring (bicyclic) bond motifs is 2. The number of H-pyrrole nitrogens is 1. The molecule has 4 aromatic rings.